The van der Waals surface area contributed by atoms with Crippen LogP contribution in [0.4, 0.5) is 10.2 Å². The molecular weight excluding hydrogens is 1030 g/mol. The Morgan fingerprint density at radius 3 is 2.40 bits per heavy atom. The van der Waals surface area contributed by atoms with Crippen LogP contribution in [0.5, 0.6) is 17.5 Å². The molecule has 3 saturated heterocycles. The summed E-state index contributed by atoms with van der Waals surface area (Å²) in [6.45, 7) is 8.48. The predicted molar refractivity (Wildman–Crippen MR) is 304 cm³/mol. The summed E-state index contributed by atoms with van der Waals surface area (Å²) in [5.74, 6) is -0.504. The van der Waals surface area contributed by atoms with Crippen LogP contribution in [-0.4, -0.2) is 137 Å². The molecule has 2 bridgehead atoms. The molecule has 2 unspecified atom stereocenters. The van der Waals surface area contributed by atoms with Gasteiger partial charge in [-0.2, -0.15) is 9.97 Å². The number of halogens is 1. The van der Waals surface area contributed by atoms with Gasteiger partial charge in [-0.1, -0.05) is 72.8 Å². The third kappa shape index (κ3) is 11.2. The Bertz CT molecular complexity index is 3640. The van der Waals surface area contributed by atoms with E-state index < -0.39 is 30.0 Å². The van der Waals surface area contributed by atoms with Gasteiger partial charge in [0.05, 0.1) is 36.4 Å². The summed E-state index contributed by atoms with van der Waals surface area (Å²) in [6, 6.07) is 23.9. The molecule has 2 amide bonds. The van der Waals surface area contributed by atoms with E-state index in [2.05, 4.69) is 30.8 Å². The highest BCUT2D eigenvalue weighted by Gasteiger charge is 2.42. The summed E-state index contributed by atoms with van der Waals surface area (Å²) >= 11 is 0. The number of carbonyl (C=O) groups excluding carboxylic acids is 2. The highest BCUT2D eigenvalue weighted by molar-refractivity contribution is 6.15. The smallest absolute Gasteiger partial charge is 0.319 e. The van der Waals surface area contributed by atoms with Crippen LogP contribution in [-0.2, 0) is 27.4 Å². The number of anilines is 1. The second-order valence-electron chi connectivity index (χ2n) is 21.3. The zero-order valence-electron chi connectivity index (χ0n) is 45.7. The topological polar surface area (TPSA) is 235 Å². The number of aliphatic hydroxyl groups excluding tert-OH is 2. The number of aromatic nitrogens is 7. The standard InChI is InChI=1S/C61H64FN11O8/c1-6-46-49(62)20-17-40-22-44(75)23-47(53(40)46)54-57(55-48(26-64-54)58(68-61(67-55)81-32-35(4)79-5)71-27-42-18-19-43(28-71)65-42)80-33-36-9-11-38(12-10-36)50-30-73(70-69-50)56(34(2)3)60(78)72-29-45(76)24-52(72)59(77)66-51(31-74)39-15-13-37(14-16-39)41-8-7-21-63-25-41/h7-17,20-23,25-26,30,35,42-43,45,51-52,65,74-76H,6,18-19,24,27-29,31-33H2,1-5H3,(H,66,77)/t35-,42?,43?,45+,51-,52-/m0/s1. The van der Waals surface area contributed by atoms with Crippen molar-refractivity contribution in [2.75, 3.05) is 44.9 Å². The first kappa shape index (κ1) is 54.5. The first-order valence-corrected chi connectivity index (χ1v) is 27.3. The van der Waals surface area contributed by atoms with Gasteiger partial charge in [0.15, 0.2) is 5.75 Å². The molecule has 7 heterocycles. The Balaban J connectivity index is 0.868. The number of amides is 2. The number of likely N-dealkylation sites (tertiary alicyclic amines) is 1. The van der Waals surface area contributed by atoms with Crippen molar-refractivity contribution in [2.45, 2.75) is 96.4 Å². The zero-order chi connectivity index (χ0) is 56.5. The number of pyridine rings is 2. The molecule has 4 aromatic carbocycles. The number of aromatic hydroxyl groups is 1. The van der Waals surface area contributed by atoms with E-state index in [-0.39, 0.29) is 67.9 Å². The number of rotatable bonds is 18. The van der Waals surface area contributed by atoms with Crippen LogP contribution < -0.4 is 25.0 Å². The van der Waals surface area contributed by atoms with Gasteiger partial charge in [-0.25, -0.2) is 9.07 Å². The number of carbonyl (C=O) groups is 2. The molecule has 3 fully saturated rings. The Hall–Kier alpha value is -8.43. The SMILES string of the molecule is CCc1c(F)ccc2cc(O)cc(-c3ncc4c(N5CC6CCC(C5)N6)nc(OC[C@H](C)OC)nc4c3OCc3ccc(-c4cn(C(C(=O)N5C[C@H](O)C[C@H]5C(=O)N[C@@H](CO)c5ccc(-c6cccnc6)cc5)=C(C)C)nn4)cc3)c12. The number of aryl methyl sites for hydroxylation is 1. The van der Waals surface area contributed by atoms with E-state index in [9.17, 15) is 24.9 Å². The van der Waals surface area contributed by atoms with Crippen LogP contribution >= 0.6 is 0 Å². The number of nitrogens with one attached hydrogen (secondary N) is 2. The number of β-amino-alcohol motifs (C(OH)–C–C–N with tert-alkyl or cyclic N) is 1. The highest BCUT2D eigenvalue weighted by atomic mass is 19.1. The quantitative estimate of drug-likeness (QED) is 0.0521. The number of ether oxygens (including phenoxy) is 3. The fourth-order valence-corrected chi connectivity index (χ4v) is 11.3. The summed E-state index contributed by atoms with van der Waals surface area (Å²) in [6.07, 6.45) is 8.08. The molecule has 3 aliphatic heterocycles. The molecule has 3 aliphatic rings. The van der Waals surface area contributed by atoms with Gasteiger partial charge in [0.2, 0.25) is 5.91 Å². The van der Waals surface area contributed by atoms with E-state index in [4.69, 9.17) is 29.2 Å². The third-order valence-corrected chi connectivity index (χ3v) is 15.5. The van der Waals surface area contributed by atoms with E-state index in [0.717, 1.165) is 42.6 Å². The number of aliphatic hydroxyl groups is 2. The average molecular weight is 1100 g/mol. The van der Waals surface area contributed by atoms with Crippen molar-refractivity contribution in [3.63, 3.8) is 0 Å². The monoisotopic (exact) mass is 1100 g/mol. The maximum absolute atomic E-state index is 15.7. The minimum Gasteiger partial charge on any atom is -0.508 e. The second kappa shape index (κ2) is 23.3. The number of benzene rings is 4. The van der Waals surface area contributed by atoms with Crippen LogP contribution in [0.2, 0.25) is 0 Å². The van der Waals surface area contributed by atoms with Crippen LogP contribution in [0.25, 0.3) is 61.0 Å². The number of phenolic OH excluding ortho intramolecular Hbond substituents is 1. The van der Waals surface area contributed by atoms with E-state index in [1.807, 2.05) is 74.5 Å². The maximum atomic E-state index is 15.7. The van der Waals surface area contributed by atoms with Crippen LogP contribution in [0, 0.1) is 5.82 Å². The zero-order valence-corrected chi connectivity index (χ0v) is 45.7. The van der Waals surface area contributed by atoms with E-state index in [0.29, 0.717) is 85.2 Å². The fraction of sp³-hybridized carbons (Fsp3) is 0.344. The van der Waals surface area contributed by atoms with Crippen LogP contribution in [0.1, 0.15) is 69.7 Å². The molecule has 0 aliphatic carbocycles. The Morgan fingerprint density at radius 1 is 0.926 bits per heavy atom. The number of piperazine rings is 1. The van der Waals surface area contributed by atoms with Gasteiger partial charge in [-0.15, -0.1) is 5.10 Å². The van der Waals surface area contributed by atoms with Gasteiger partial charge < -0.3 is 50.0 Å². The lowest BCUT2D eigenvalue weighted by Crippen LogP contribution is -2.51. The minimum atomic E-state index is -1.03. The summed E-state index contributed by atoms with van der Waals surface area (Å²) < 4.78 is 35.7. The first-order chi connectivity index (χ1) is 39.3. The third-order valence-electron chi connectivity index (χ3n) is 15.5. The molecule has 19 nitrogen and oxygen atoms in total. The molecule has 6 atom stereocenters. The van der Waals surface area contributed by atoms with E-state index in [1.165, 1.54) is 15.6 Å². The number of hydrogen-bond donors (Lipinski definition) is 5. The molecule has 0 spiro atoms. The molecule has 0 radical (unpaired) electrons. The summed E-state index contributed by atoms with van der Waals surface area (Å²) in [7, 11) is 1.61. The number of fused-ring (bicyclic) bond motifs is 4. The molecule has 11 rings (SSSR count). The Morgan fingerprint density at radius 2 is 1.69 bits per heavy atom. The molecule has 81 heavy (non-hydrogen) atoms. The number of methoxy groups -OCH3 is 1. The predicted octanol–water partition coefficient (Wildman–Crippen LogP) is 7.57. The second-order valence-corrected chi connectivity index (χ2v) is 21.3. The summed E-state index contributed by atoms with van der Waals surface area (Å²) in [4.78, 5) is 51.3. The molecule has 0 saturated carbocycles. The van der Waals surface area contributed by atoms with Gasteiger partial charge in [0, 0.05) is 75.0 Å². The Kier molecular flexibility index (Phi) is 15.7. The van der Waals surface area contributed by atoms with Gasteiger partial charge in [0.25, 0.3) is 5.91 Å². The van der Waals surface area contributed by atoms with Crippen molar-refractivity contribution in [1.29, 1.82) is 0 Å². The molecule has 8 aromatic rings. The van der Waals surface area contributed by atoms with Crippen molar-refractivity contribution < 1.29 is 43.5 Å². The lowest BCUT2D eigenvalue weighted by atomic mass is 9.94. The van der Waals surface area contributed by atoms with Crippen molar-refractivity contribution in [2.24, 2.45) is 0 Å². The lowest BCUT2D eigenvalue weighted by Gasteiger charge is -2.34. The number of allylic oxidation sites excluding steroid dienone is 1. The van der Waals surface area contributed by atoms with Crippen molar-refractivity contribution in [3.05, 3.63) is 138 Å². The minimum absolute atomic E-state index is 0.00490. The molecule has 5 N–H and O–H groups in total. The number of hydrogen-bond acceptors (Lipinski definition) is 16. The largest absolute Gasteiger partial charge is 0.508 e. The van der Waals surface area contributed by atoms with Gasteiger partial charge in [0.1, 0.15) is 59.2 Å². The normalized spacial score (nSPS) is 18.5. The molecule has 4 aromatic heterocycles. The molecule has 418 valence electrons. The number of nitrogens with zero attached hydrogens (tertiary/aromatic N) is 9. The van der Waals surface area contributed by atoms with E-state index in [1.54, 1.807) is 63.9 Å². The lowest BCUT2D eigenvalue weighted by molar-refractivity contribution is -0.135. The highest BCUT2D eigenvalue weighted by Crippen LogP contribution is 2.44. The first-order valence-electron chi connectivity index (χ1n) is 27.3. The molecule has 20 heteroatoms. The van der Waals surface area contributed by atoms with Gasteiger partial charge in [-0.05, 0) is 108 Å². The Labute approximate surface area is 467 Å². The van der Waals surface area contributed by atoms with Gasteiger partial charge in [-0.3, -0.25) is 19.6 Å². The van der Waals surface area contributed by atoms with Crippen molar-refractivity contribution in [1.82, 2.24) is 50.5 Å². The number of phenols is 1. The summed E-state index contributed by atoms with van der Waals surface area (Å²) in [5, 5.41) is 49.7. The van der Waals surface area contributed by atoms with E-state index >= 15 is 4.39 Å². The fourth-order valence-electron chi connectivity index (χ4n) is 11.3. The molecular formula is C61H64FN11O8. The van der Waals surface area contributed by atoms with Crippen molar-refractivity contribution in [3.8, 4) is 51.2 Å². The van der Waals surface area contributed by atoms with Crippen molar-refractivity contribution >= 4 is 45.0 Å². The maximum Gasteiger partial charge on any atom is 0.319 e. The summed E-state index contributed by atoms with van der Waals surface area (Å²) in [5.41, 5.74) is 6.90. The van der Waals surface area contributed by atoms with Crippen LogP contribution in [0.3, 0.4) is 0 Å². The average Bonchev–Trinajstić information content (AvgIpc) is 4.27. The van der Waals surface area contributed by atoms with Gasteiger partial charge >= 0.3 is 6.01 Å². The van der Waals surface area contributed by atoms with Crippen LogP contribution in [0.15, 0.2) is 115 Å².